The van der Waals surface area contributed by atoms with Crippen molar-refractivity contribution in [3.63, 3.8) is 0 Å². The minimum absolute atomic E-state index is 0.505. The summed E-state index contributed by atoms with van der Waals surface area (Å²) in [6.45, 7) is 2.35. The maximum atomic E-state index is 11.4. The molecule has 0 saturated carbocycles. The zero-order valence-corrected chi connectivity index (χ0v) is 11.7. The third-order valence-electron chi connectivity index (χ3n) is 3.32. The van der Waals surface area contributed by atoms with Crippen molar-refractivity contribution in [1.82, 2.24) is 4.31 Å². The van der Waals surface area contributed by atoms with Gasteiger partial charge in [-0.05, 0) is 18.2 Å². The number of hydrogen-bond donors (Lipinski definition) is 2. The number of nitrogens with two attached hydrogens (primary N) is 2. The van der Waals surface area contributed by atoms with E-state index >= 15 is 0 Å². The van der Waals surface area contributed by atoms with Crippen molar-refractivity contribution >= 4 is 27.6 Å². The molecule has 1 aromatic carbocycles. The van der Waals surface area contributed by atoms with Gasteiger partial charge in [0, 0.05) is 37.6 Å². The van der Waals surface area contributed by atoms with Gasteiger partial charge in [-0.3, -0.25) is 5.41 Å². The summed E-state index contributed by atoms with van der Waals surface area (Å²) in [6, 6.07) is 5.67. The SMILES string of the molecule is CS(=O)(=O)N1CCN(c2ccc(N)c(C=[NH2+])c2)CC1. The summed E-state index contributed by atoms with van der Waals surface area (Å²) in [5.41, 5.74) is 8.24. The number of benzene rings is 1. The van der Waals surface area contributed by atoms with E-state index in [1.165, 1.54) is 16.8 Å². The Balaban J connectivity index is 2.12. The van der Waals surface area contributed by atoms with Crippen LogP contribution in [-0.2, 0) is 10.0 Å². The second kappa shape index (κ2) is 5.18. The smallest absolute Gasteiger partial charge is 0.211 e. The molecule has 19 heavy (non-hydrogen) atoms. The average molecular weight is 283 g/mol. The Morgan fingerprint density at radius 3 is 2.42 bits per heavy atom. The minimum Gasteiger partial charge on any atom is -0.398 e. The Hall–Kier alpha value is -1.60. The number of hydrogen-bond acceptors (Lipinski definition) is 4. The first kappa shape index (κ1) is 13.8. The van der Waals surface area contributed by atoms with Crippen LogP contribution in [0.4, 0.5) is 11.4 Å². The lowest BCUT2D eigenvalue weighted by atomic mass is 10.1. The van der Waals surface area contributed by atoms with Gasteiger partial charge in [0.2, 0.25) is 10.0 Å². The van der Waals surface area contributed by atoms with Crippen LogP contribution in [0.15, 0.2) is 18.2 Å². The van der Waals surface area contributed by atoms with E-state index in [1.54, 1.807) is 0 Å². The molecular formula is C12H19N4O2S+. The summed E-state index contributed by atoms with van der Waals surface area (Å²) in [5, 5.41) is 5.52. The third-order valence-corrected chi connectivity index (χ3v) is 4.63. The molecule has 0 amide bonds. The Labute approximate surface area is 113 Å². The van der Waals surface area contributed by atoms with E-state index in [0.29, 0.717) is 31.9 Å². The van der Waals surface area contributed by atoms with Gasteiger partial charge in [-0.15, -0.1) is 0 Å². The topological polar surface area (TPSA) is 92.2 Å². The molecule has 0 atom stereocenters. The lowest BCUT2D eigenvalue weighted by molar-refractivity contribution is -0.104. The summed E-state index contributed by atoms with van der Waals surface area (Å²) >= 11 is 0. The van der Waals surface area contributed by atoms with Crippen molar-refractivity contribution in [3.8, 4) is 0 Å². The number of sulfonamides is 1. The van der Waals surface area contributed by atoms with Crippen molar-refractivity contribution in [2.75, 3.05) is 43.1 Å². The molecule has 0 aliphatic carbocycles. The summed E-state index contributed by atoms with van der Waals surface area (Å²) < 4.78 is 24.4. The minimum atomic E-state index is -3.09. The van der Waals surface area contributed by atoms with Gasteiger partial charge in [0.25, 0.3) is 0 Å². The summed E-state index contributed by atoms with van der Waals surface area (Å²) in [6.07, 6.45) is 2.72. The third kappa shape index (κ3) is 3.05. The van der Waals surface area contributed by atoms with Gasteiger partial charge in [-0.2, -0.15) is 4.31 Å². The van der Waals surface area contributed by atoms with Crippen LogP contribution in [-0.4, -0.2) is 51.4 Å². The monoisotopic (exact) mass is 283 g/mol. The molecule has 4 N–H and O–H groups in total. The fraction of sp³-hybridized carbons (Fsp3) is 0.417. The van der Waals surface area contributed by atoms with Gasteiger partial charge in [-0.25, -0.2) is 8.42 Å². The Kier molecular flexibility index (Phi) is 3.77. The van der Waals surface area contributed by atoms with Crippen LogP contribution in [0.25, 0.3) is 0 Å². The Morgan fingerprint density at radius 1 is 1.26 bits per heavy atom. The predicted octanol–water partition coefficient (Wildman–Crippen LogP) is -1.47. The molecule has 1 heterocycles. The first-order valence-corrected chi connectivity index (χ1v) is 7.91. The van der Waals surface area contributed by atoms with Gasteiger partial charge >= 0.3 is 0 Å². The van der Waals surface area contributed by atoms with Crippen molar-refractivity contribution in [2.45, 2.75) is 0 Å². The largest absolute Gasteiger partial charge is 0.398 e. The highest BCUT2D eigenvalue weighted by atomic mass is 32.2. The molecule has 0 aromatic heterocycles. The van der Waals surface area contributed by atoms with Gasteiger partial charge < -0.3 is 10.6 Å². The van der Waals surface area contributed by atoms with Crippen LogP contribution in [0.3, 0.4) is 0 Å². The number of piperazine rings is 1. The molecule has 1 aromatic rings. The first-order chi connectivity index (χ1) is 8.91. The van der Waals surface area contributed by atoms with Gasteiger partial charge in [0.05, 0.1) is 11.8 Å². The van der Waals surface area contributed by atoms with E-state index in [0.717, 1.165) is 11.3 Å². The number of anilines is 2. The van der Waals surface area contributed by atoms with Gasteiger partial charge in [-0.1, -0.05) is 0 Å². The van der Waals surface area contributed by atoms with Crippen molar-refractivity contribution < 1.29 is 13.8 Å². The molecule has 1 aliphatic rings. The van der Waals surface area contributed by atoms with Gasteiger partial charge in [0.1, 0.15) is 0 Å². The fourth-order valence-corrected chi connectivity index (χ4v) is 3.01. The Morgan fingerprint density at radius 2 is 1.89 bits per heavy atom. The maximum Gasteiger partial charge on any atom is 0.211 e. The van der Waals surface area contributed by atoms with E-state index in [-0.39, 0.29) is 0 Å². The second-order valence-electron chi connectivity index (χ2n) is 4.63. The molecule has 0 spiro atoms. The lowest BCUT2D eigenvalue weighted by Crippen LogP contribution is -2.48. The highest BCUT2D eigenvalue weighted by Crippen LogP contribution is 2.21. The summed E-state index contributed by atoms with van der Waals surface area (Å²) in [4.78, 5) is 2.13. The molecule has 0 bridgehead atoms. The zero-order valence-electron chi connectivity index (χ0n) is 10.9. The van der Waals surface area contributed by atoms with E-state index in [2.05, 4.69) is 4.90 Å². The second-order valence-corrected chi connectivity index (χ2v) is 6.61. The highest BCUT2D eigenvalue weighted by molar-refractivity contribution is 7.88. The van der Waals surface area contributed by atoms with Crippen LogP contribution in [0.2, 0.25) is 0 Å². The highest BCUT2D eigenvalue weighted by Gasteiger charge is 2.23. The number of rotatable bonds is 3. The van der Waals surface area contributed by atoms with E-state index < -0.39 is 10.0 Å². The van der Waals surface area contributed by atoms with Crippen LogP contribution in [0, 0.1) is 0 Å². The summed E-state index contributed by atoms with van der Waals surface area (Å²) in [7, 11) is -3.09. The van der Waals surface area contributed by atoms with Crippen molar-refractivity contribution in [2.24, 2.45) is 0 Å². The molecule has 6 nitrogen and oxygen atoms in total. The lowest BCUT2D eigenvalue weighted by Gasteiger charge is -2.34. The molecule has 1 aliphatic heterocycles. The molecular weight excluding hydrogens is 264 g/mol. The van der Waals surface area contributed by atoms with Crippen molar-refractivity contribution in [1.29, 1.82) is 0 Å². The molecule has 104 valence electrons. The normalized spacial score (nSPS) is 17.4. The fourth-order valence-electron chi connectivity index (χ4n) is 2.18. The van der Waals surface area contributed by atoms with Crippen LogP contribution in [0.1, 0.15) is 5.56 Å². The summed E-state index contributed by atoms with van der Waals surface area (Å²) in [5.74, 6) is 0. The van der Waals surface area contributed by atoms with Gasteiger partial charge in [0.15, 0.2) is 6.21 Å². The van der Waals surface area contributed by atoms with E-state index in [1.807, 2.05) is 18.2 Å². The quantitative estimate of drug-likeness (QED) is 0.523. The molecule has 1 saturated heterocycles. The molecule has 2 rings (SSSR count). The maximum absolute atomic E-state index is 11.4. The molecule has 1 fully saturated rings. The standard InChI is InChI=1S/C12H18N4O2S/c1-19(17,18)16-6-4-15(5-7-16)11-2-3-12(14)10(8-11)9-13/h2-3,8-9,13H,4-7,14H2,1H3/p+1. The van der Waals surface area contributed by atoms with Crippen LogP contribution >= 0.6 is 0 Å². The first-order valence-electron chi connectivity index (χ1n) is 6.06. The number of nitrogen functional groups attached to an aromatic ring is 1. The molecule has 0 unspecified atom stereocenters. The average Bonchev–Trinajstić information content (AvgIpc) is 2.38. The molecule has 7 heteroatoms. The van der Waals surface area contributed by atoms with Crippen LogP contribution < -0.4 is 16.0 Å². The van der Waals surface area contributed by atoms with E-state index in [4.69, 9.17) is 11.1 Å². The zero-order chi connectivity index (χ0) is 14.0. The van der Waals surface area contributed by atoms with Crippen LogP contribution in [0.5, 0.6) is 0 Å². The van der Waals surface area contributed by atoms with Crippen molar-refractivity contribution in [3.05, 3.63) is 23.8 Å². The Bertz CT molecular complexity index is 577. The van der Waals surface area contributed by atoms with E-state index in [9.17, 15) is 8.42 Å². The predicted molar refractivity (Wildman–Crippen MR) is 76.6 cm³/mol. The molecule has 0 radical (unpaired) electrons. The number of nitrogens with zero attached hydrogens (tertiary/aromatic N) is 2.